The highest BCUT2D eigenvalue weighted by molar-refractivity contribution is 7.22. The predicted octanol–water partition coefficient (Wildman–Crippen LogP) is 6.89. The summed E-state index contributed by atoms with van der Waals surface area (Å²) in [6.07, 6.45) is 0. The highest BCUT2D eigenvalue weighted by atomic mass is 32.1. The molecule has 6 nitrogen and oxygen atoms in total. The Hall–Kier alpha value is -3.71. The molecule has 1 N–H and O–H groups in total. The molecule has 1 aliphatic rings. The molecule has 1 unspecified atom stereocenters. The topological polar surface area (TPSA) is 83.6 Å². The Balaban J connectivity index is 1.68. The van der Waals surface area contributed by atoms with Crippen molar-refractivity contribution in [1.29, 1.82) is 0 Å². The largest absolute Gasteiger partial charge is 0.503 e. The number of hydrogen-bond acceptors (Lipinski definition) is 6. The van der Waals surface area contributed by atoms with Gasteiger partial charge in [-0.1, -0.05) is 62.4 Å². The van der Waals surface area contributed by atoms with Crippen molar-refractivity contribution in [3.05, 3.63) is 93.6 Å². The van der Waals surface area contributed by atoms with Crippen LogP contribution in [0.3, 0.4) is 0 Å². The first kappa shape index (κ1) is 24.0. The fraction of sp³-hybridized carbons (Fsp3) is 0.276. The van der Waals surface area contributed by atoms with E-state index in [9.17, 15) is 14.7 Å². The zero-order valence-electron chi connectivity index (χ0n) is 21.2. The molecule has 0 saturated heterocycles. The zero-order chi connectivity index (χ0) is 25.9. The number of fused-ring (bicyclic) bond motifs is 1. The molecule has 0 bridgehead atoms. The fourth-order valence-corrected chi connectivity index (χ4v) is 5.83. The monoisotopic (exact) mass is 500 g/mol. The lowest BCUT2D eigenvalue weighted by Crippen LogP contribution is -2.31. The number of amides is 1. The summed E-state index contributed by atoms with van der Waals surface area (Å²) in [5.74, 6) is -1.10. The summed E-state index contributed by atoms with van der Waals surface area (Å²) >= 11 is 1.37. The summed E-state index contributed by atoms with van der Waals surface area (Å²) in [4.78, 5) is 33.3. The Morgan fingerprint density at radius 1 is 1.06 bits per heavy atom. The van der Waals surface area contributed by atoms with E-state index in [1.807, 2.05) is 50.2 Å². The van der Waals surface area contributed by atoms with Gasteiger partial charge in [-0.05, 0) is 66.6 Å². The molecular weight excluding hydrogens is 472 g/mol. The lowest BCUT2D eigenvalue weighted by atomic mass is 9.85. The van der Waals surface area contributed by atoms with Gasteiger partial charge < -0.3 is 9.52 Å². The van der Waals surface area contributed by atoms with Crippen molar-refractivity contribution in [3.8, 4) is 0 Å². The molecule has 2 aromatic carbocycles. The molecule has 0 radical (unpaired) electrons. The number of rotatable bonds is 4. The smallest absolute Gasteiger partial charge is 0.296 e. The molecule has 5 rings (SSSR count). The molecule has 3 heterocycles. The van der Waals surface area contributed by atoms with Gasteiger partial charge in [0.1, 0.15) is 5.76 Å². The first-order valence-electron chi connectivity index (χ1n) is 11.8. The highest BCUT2D eigenvalue weighted by Gasteiger charge is 2.46. The normalized spacial score (nSPS) is 16.4. The maximum atomic E-state index is 13.6. The number of aryl methyl sites for hydroxylation is 3. The standard InChI is InChI=1S/C29H28N2O4S/c1-15-13-16(2)23-21(14-15)36-28(30-23)31-24(18-8-10-19(11-9-18)29(4,5)6)22(26(33)27(31)34)25(32)20-12-7-17(3)35-20/h7-14,24,33H,1-6H3. The summed E-state index contributed by atoms with van der Waals surface area (Å²) in [7, 11) is 0. The minimum Gasteiger partial charge on any atom is -0.503 e. The van der Waals surface area contributed by atoms with Crippen LogP contribution in [-0.2, 0) is 10.2 Å². The number of ketones is 1. The molecular formula is C29H28N2O4S. The number of carbonyl (C=O) groups is 2. The molecule has 0 spiro atoms. The Morgan fingerprint density at radius 3 is 2.36 bits per heavy atom. The Bertz CT molecular complexity index is 1550. The summed E-state index contributed by atoms with van der Waals surface area (Å²) in [5, 5.41) is 11.4. The molecule has 4 aromatic rings. The summed E-state index contributed by atoms with van der Waals surface area (Å²) in [6, 6.07) is 14.3. The second-order valence-corrected chi connectivity index (χ2v) is 11.4. The van der Waals surface area contributed by atoms with Gasteiger partial charge in [-0.25, -0.2) is 4.98 Å². The number of Topliss-reactive ketones (excluding diaryl/α,β-unsaturated/α-hetero) is 1. The van der Waals surface area contributed by atoms with Crippen LogP contribution in [-0.4, -0.2) is 21.8 Å². The van der Waals surface area contributed by atoms with Crippen molar-refractivity contribution in [2.75, 3.05) is 4.90 Å². The Morgan fingerprint density at radius 2 is 1.75 bits per heavy atom. The third-order valence-electron chi connectivity index (χ3n) is 6.53. The number of anilines is 1. The van der Waals surface area contributed by atoms with Crippen molar-refractivity contribution in [1.82, 2.24) is 4.98 Å². The lowest BCUT2D eigenvalue weighted by molar-refractivity contribution is -0.117. The van der Waals surface area contributed by atoms with E-state index in [-0.39, 0.29) is 16.7 Å². The van der Waals surface area contributed by atoms with Gasteiger partial charge in [0.15, 0.2) is 16.7 Å². The number of aliphatic hydroxyl groups is 1. The molecule has 36 heavy (non-hydrogen) atoms. The number of nitrogens with zero attached hydrogens (tertiary/aromatic N) is 2. The van der Waals surface area contributed by atoms with Crippen molar-refractivity contribution < 1.29 is 19.1 Å². The molecule has 0 saturated carbocycles. The summed E-state index contributed by atoms with van der Waals surface area (Å²) < 4.78 is 6.51. The van der Waals surface area contributed by atoms with Gasteiger partial charge in [0.25, 0.3) is 5.91 Å². The number of carbonyl (C=O) groups excluding carboxylic acids is 2. The SMILES string of the molecule is Cc1cc(C)c2nc(N3C(=O)C(O)=C(C(=O)c4ccc(C)o4)C3c3ccc(C(C)(C)C)cc3)sc2c1. The molecule has 1 aliphatic heterocycles. The minimum absolute atomic E-state index is 0.00924. The lowest BCUT2D eigenvalue weighted by Gasteiger charge is -2.25. The maximum Gasteiger partial charge on any atom is 0.296 e. The number of thiazole rings is 1. The number of furan rings is 1. The molecule has 1 amide bonds. The number of benzene rings is 2. The number of hydrogen-bond donors (Lipinski definition) is 1. The zero-order valence-corrected chi connectivity index (χ0v) is 22.0. The van der Waals surface area contributed by atoms with E-state index in [1.165, 1.54) is 16.2 Å². The first-order valence-corrected chi connectivity index (χ1v) is 12.6. The van der Waals surface area contributed by atoms with Gasteiger partial charge in [-0.2, -0.15) is 0 Å². The van der Waals surface area contributed by atoms with E-state index in [2.05, 4.69) is 20.8 Å². The van der Waals surface area contributed by atoms with E-state index in [1.54, 1.807) is 19.1 Å². The average Bonchev–Trinajstić information content (AvgIpc) is 3.49. The van der Waals surface area contributed by atoms with Crippen molar-refractivity contribution >= 4 is 38.4 Å². The molecule has 1 atom stereocenters. The second-order valence-electron chi connectivity index (χ2n) is 10.4. The Kier molecular flexibility index (Phi) is 5.63. The van der Waals surface area contributed by atoms with Crippen LogP contribution in [0, 0.1) is 20.8 Å². The van der Waals surface area contributed by atoms with E-state index in [0.29, 0.717) is 16.5 Å². The van der Waals surface area contributed by atoms with Crippen LogP contribution in [0.5, 0.6) is 0 Å². The quantitative estimate of drug-likeness (QED) is 0.308. The molecule has 7 heteroatoms. The van der Waals surface area contributed by atoms with Gasteiger partial charge >= 0.3 is 0 Å². The highest BCUT2D eigenvalue weighted by Crippen LogP contribution is 2.45. The molecule has 184 valence electrons. The van der Waals surface area contributed by atoms with Gasteiger partial charge in [-0.15, -0.1) is 0 Å². The second kappa shape index (κ2) is 8.45. The van der Waals surface area contributed by atoms with Crippen LogP contribution in [0.25, 0.3) is 10.2 Å². The molecule has 2 aromatic heterocycles. The third-order valence-corrected chi connectivity index (χ3v) is 7.54. The van der Waals surface area contributed by atoms with E-state index >= 15 is 0 Å². The van der Waals surface area contributed by atoms with Crippen LogP contribution in [0.1, 0.15) is 65.4 Å². The molecule has 0 aliphatic carbocycles. The number of aromatic nitrogens is 1. The third kappa shape index (κ3) is 3.93. The van der Waals surface area contributed by atoms with Crippen LogP contribution in [0.15, 0.2) is 64.3 Å². The van der Waals surface area contributed by atoms with E-state index in [0.717, 1.165) is 26.9 Å². The van der Waals surface area contributed by atoms with Gasteiger partial charge in [0.2, 0.25) is 5.78 Å². The van der Waals surface area contributed by atoms with E-state index < -0.39 is 23.5 Å². The number of aliphatic hydroxyl groups excluding tert-OH is 1. The summed E-state index contributed by atoms with van der Waals surface area (Å²) in [6.45, 7) is 12.1. The Labute approximate surface area is 213 Å². The van der Waals surface area contributed by atoms with Gasteiger partial charge in [-0.3, -0.25) is 14.5 Å². The minimum atomic E-state index is -0.841. The van der Waals surface area contributed by atoms with Crippen molar-refractivity contribution in [3.63, 3.8) is 0 Å². The maximum absolute atomic E-state index is 13.6. The fourth-order valence-electron chi connectivity index (χ4n) is 4.67. The first-order chi connectivity index (χ1) is 17.0. The van der Waals surface area contributed by atoms with Crippen LogP contribution in [0.4, 0.5) is 5.13 Å². The summed E-state index contributed by atoms with van der Waals surface area (Å²) in [5.41, 5.74) is 4.66. The van der Waals surface area contributed by atoms with Crippen molar-refractivity contribution in [2.45, 2.75) is 53.0 Å². The van der Waals surface area contributed by atoms with Crippen molar-refractivity contribution in [2.24, 2.45) is 0 Å². The average molecular weight is 501 g/mol. The van der Waals surface area contributed by atoms with E-state index in [4.69, 9.17) is 9.40 Å². The molecule has 0 fully saturated rings. The van der Waals surface area contributed by atoms with Gasteiger partial charge in [0.05, 0.1) is 21.8 Å². The van der Waals surface area contributed by atoms with Crippen LogP contribution < -0.4 is 4.90 Å². The van der Waals surface area contributed by atoms with Crippen LogP contribution >= 0.6 is 11.3 Å². The van der Waals surface area contributed by atoms with Gasteiger partial charge in [0, 0.05) is 0 Å². The predicted molar refractivity (Wildman–Crippen MR) is 142 cm³/mol. The van der Waals surface area contributed by atoms with Crippen LogP contribution in [0.2, 0.25) is 0 Å².